The molecule has 1 fully saturated rings. The molecule has 0 aliphatic carbocycles. The predicted octanol–water partition coefficient (Wildman–Crippen LogP) is 3.71. The van der Waals surface area contributed by atoms with Crippen LogP contribution in [0.25, 0.3) is 0 Å². The van der Waals surface area contributed by atoms with Crippen LogP contribution in [-0.4, -0.2) is 61.4 Å². The van der Waals surface area contributed by atoms with Gasteiger partial charge in [0.15, 0.2) is 6.17 Å². The van der Waals surface area contributed by atoms with Gasteiger partial charge < -0.3 is 24.3 Å². The van der Waals surface area contributed by atoms with Gasteiger partial charge >= 0.3 is 6.18 Å². The number of benzene rings is 2. The van der Waals surface area contributed by atoms with Crippen LogP contribution in [0, 0.1) is 11.7 Å². The molecule has 12 heteroatoms. The van der Waals surface area contributed by atoms with Gasteiger partial charge in [-0.1, -0.05) is 19.1 Å². The number of hydrogen-bond acceptors (Lipinski definition) is 7. The van der Waals surface area contributed by atoms with E-state index in [0.717, 1.165) is 5.01 Å². The number of carbonyl (C=O) groups is 1. The molecule has 38 heavy (non-hydrogen) atoms. The Bertz CT molecular complexity index is 1170. The molecule has 2 aliphatic heterocycles. The van der Waals surface area contributed by atoms with Gasteiger partial charge in [0.2, 0.25) is 0 Å². The average Bonchev–Trinajstić information content (AvgIpc) is 3.16. The fourth-order valence-corrected chi connectivity index (χ4v) is 4.80. The number of methoxy groups -OCH3 is 1. The summed E-state index contributed by atoms with van der Waals surface area (Å²) in [5, 5.41) is 15.9. The largest absolute Gasteiger partial charge is 0.550 e. The molecule has 0 bridgehead atoms. The summed E-state index contributed by atoms with van der Waals surface area (Å²) >= 11 is 0. The number of carbonyl (C=O) groups excluding carboxylic acids is 1. The van der Waals surface area contributed by atoms with Crippen LogP contribution in [-0.2, 0) is 11.3 Å². The highest BCUT2D eigenvalue weighted by atomic mass is 19.4. The summed E-state index contributed by atoms with van der Waals surface area (Å²) in [5.41, 5.74) is -0.211. The smallest absolute Gasteiger partial charge is 0.431 e. The summed E-state index contributed by atoms with van der Waals surface area (Å²) in [6.45, 7) is 1.52. The van der Waals surface area contributed by atoms with E-state index in [1.807, 2.05) is 0 Å². The molecule has 2 aliphatic rings. The maximum absolute atomic E-state index is 15.0. The van der Waals surface area contributed by atoms with Crippen LogP contribution in [0.5, 0.6) is 11.5 Å². The lowest BCUT2D eigenvalue weighted by molar-refractivity contribution is -0.307. The van der Waals surface area contributed by atoms with Gasteiger partial charge in [0.25, 0.3) is 0 Å². The first kappa shape index (κ1) is 27.5. The minimum absolute atomic E-state index is 0.0572. The number of ether oxygens (including phenoxy) is 2. The fourth-order valence-electron chi connectivity index (χ4n) is 4.80. The molecule has 7 nitrogen and oxygen atoms in total. The third-order valence-electron chi connectivity index (χ3n) is 6.82. The van der Waals surface area contributed by atoms with E-state index in [4.69, 9.17) is 9.47 Å². The second-order valence-electron chi connectivity index (χ2n) is 9.38. The second kappa shape index (κ2) is 11.0. The van der Waals surface area contributed by atoms with Gasteiger partial charge in [-0.2, -0.15) is 18.3 Å². The zero-order valence-corrected chi connectivity index (χ0v) is 20.8. The zero-order chi connectivity index (χ0) is 27.6. The molecule has 4 rings (SSSR count). The Labute approximate surface area is 216 Å². The first-order chi connectivity index (χ1) is 18.0. The normalized spacial score (nSPS) is 23.8. The third kappa shape index (κ3) is 6.11. The van der Waals surface area contributed by atoms with Gasteiger partial charge in [-0.25, -0.2) is 8.78 Å². The van der Waals surface area contributed by atoms with Crippen molar-refractivity contribution in [1.29, 1.82) is 0 Å². The van der Waals surface area contributed by atoms with E-state index in [9.17, 15) is 31.9 Å². The molecule has 0 radical (unpaired) electrons. The van der Waals surface area contributed by atoms with Crippen molar-refractivity contribution in [3.8, 4) is 11.5 Å². The molecule has 0 aromatic heterocycles. The van der Waals surface area contributed by atoms with Crippen molar-refractivity contribution in [2.45, 2.75) is 50.8 Å². The van der Waals surface area contributed by atoms with E-state index in [2.05, 4.69) is 5.10 Å². The van der Waals surface area contributed by atoms with Crippen LogP contribution in [0.4, 0.5) is 27.6 Å². The maximum Gasteiger partial charge on any atom is 0.431 e. The van der Waals surface area contributed by atoms with Crippen LogP contribution < -0.4 is 19.5 Å². The first-order valence-corrected chi connectivity index (χ1v) is 12.1. The molecule has 1 saturated heterocycles. The molecule has 2 aromatic rings. The number of carboxylic acids is 1. The first-order valence-electron chi connectivity index (χ1n) is 12.1. The van der Waals surface area contributed by atoms with Gasteiger partial charge in [-0.15, -0.1) is 0 Å². The van der Waals surface area contributed by atoms with E-state index in [0.29, 0.717) is 30.0 Å². The molecular weight excluding hydrogens is 513 g/mol. The lowest BCUT2D eigenvalue weighted by atomic mass is 9.94. The molecule has 0 amide bonds. The number of rotatable bonds is 8. The number of hydrogen-bond donors (Lipinski definition) is 0. The van der Waals surface area contributed by atoms with Crippen LogP contribution >= 0.6 is 0 Å². The quantitative estimate of drug-likeness (QED) is 0.476. The number of piperidine rings is 1. The Hall–Kier alpha value is -3.57. The topological polar surface area (TPSA) is 77.4 Å². The Kier molecular flexibility index (Phi) is 7.98. The van der Waals surface area contributed by atoms with Crippen molar-refractivity contribution in [3.05, 3.63) is 53.8 Å². The van der Waals surface area contributed by atoms with Gasteiger partial charge in [0, 0.05) is 37.3 Å². The highest BCUT2D eigenvalue weighted by Crippen LogP contribution is 2.35. The number of nitrogens with zero attached hydrogens (tertiary/aromatic N) is 3. The van der Waals surface area contributed by atoms with Gasteiger partial charge in [-0.3, -0.25) is 5.01 Å². The number of aliphatic carboxylic acids is 1. The molecule has 0 spiro atoms. The van der Waals surface area contributed by atoms with Crippen molar-refractivity contribution < 1.29 is 41.3 Å². The van der Waals surface area contributed by atoms with Gasteiger partial charge in [-0.05, 0) is 29.8 Å². The molecule has 2 aromatic carbocycles. The standard InChI is InChI=1S/C26H28F5N3O4/c1-15-21(12-24(35)36)34(32-25(15)26(29,30)31)13-16-3-5-17(6-4-16)38-23-9-10-33(14-20(23)28)22-11-18(37-2)7-8-19(22)27/h3-8,11,15,20-21,23H,9-10,12-14H2,1-2H3,(H,35,36)/p-1/t15-,20?,21-,23?/m0/s1. The number of anilines is 1. The summed E-state index contributed by atoms with van der Waals surface area (Å²) in [7, 11) is 1.46. The lowest BCUT2D eigenvalue weighted by Gasteiger charge is -2.36. The summed E-state index contributed by atoms with van der Waals surface area (Å²) in [5.74, 6) is -2.25. The number of halogens is 5. The van der Waals surface area contributed by atoms with Crippen molar-refractivity contribution in [3.63, 3.8) is 0 Å². The van der Waals surface area contributed by atoms with E-state index in [1.54, 1.807) is 29.2 Å². The van der Waals surface area contributed by atoms with Crippen molar-refractivity contribution in [2.24, 2.45) is 11.0 Å². The van der Waals surface area contributed by atoms with Gasteiger partial charge in [0.1, 0.15) is 29.1 Å². The van der Waals surface area contributed by atoms with E-state index in [1.165, 1.54) is 32.2 Å². The molecule has 0 N–H and O–H groups in total. The van der Waals surface area contributed by atoms with E-state index < -0.39 is 54.3 Å². The zero-order valence-electron chi connectivity index (χ0n) is 20.8. The molecular formula is C26H27F5N3O4-. The Morgan fingerprint density at radius 1 is 1.16 bits per heavy atom. The Morgan fingerprint density at radius 2 is 1.84 bits per heavy atom. The summed E-state index contributed by atoms with van der Waals surface area (Å²) < 4.78 is 80.1. The van der Waals surface area contributed by atoms with E-state index >= 15 is 0 Å². The van der Waals surface area contributed by atoms with Crippen molar-refractivity contribution in [1.82, 2.24) is 5.01 Å². The monoisotopic (exact) mass is 540 g/mol. The van der Waals surface area contributed by atoms with Crippen molar-refractivity contribution in [2.75, 3.05) is 25.1 Å². The van der Waals surface area contributed by atoms with Crippen molar-refractivity contribution >= 4 is 17.4 Å². The summed E-state index contributed by atoms with van der Waals surface area (Å²) in [6.07, 6.45) is -7.14. The van der Waals surface area contributed by atoms with E-state index in [-0.39, 0.29) is 18.8 Å². The average molecular weight is 541 g/mol. The number of hydrazone groups is 1. The van der Waals surface area contributed by atoms with Gasteiger partial charge in [0.05, 0.1) is 31.9 Å². The third-order valence-corrected chi connectivity index (χ3v) is 6.82. The predicted molar refractivity (Wildman–Crippen MR) is 127 cm³/mol. The molecule has 2 heterocycles. The molecule has 2 unspecified atom stereocenters. The second-order valence-corrected chi connectivity index (χ2v) is 9.38. The number of carboxylic acid groups (broad SMARTS) is 1. The highest BCUT2D eigenvalue weighted by Gasteiger charge is 2.47. The molecule has 206 valence electrons. The lowest BCUT2D eigenvalue weighted by Crippen LogP contribution is -2.47. The summed E-state index contributed by atoms with van der Waals surface area (Å²) in [6, 6.07) is 9.61. The minimum atomic E-state index is -4.67. The fraction of sp³-hybridized carbons (Fsp3) is 0.462. The highest BCUT2D eigenvalue weighted by molar-refractivity contribution is 5.93. The van der Waals surface area contributed by atoms with Crippen LogP contribution in [0.15, 0.2) is 47.6 Å². The SMILES string of the molecule is COc1ccc(F)c(N2CCC(Oc3ccc(CN4N=C(C(F)(F)F)[C@@H](C)[C@@H]4CC(=O)[O-])cc3)C(F)C2)c1. The van der Waals surface area contributed by atoms with Crippen LogP contribution in [0.3, 0.4) is 0 Å². The molecule has 4 atom stereocenters. The number of alkyl halides is 4. The van der Waals surface area contributed by atoms with Crippen LogP contribution in [0.1, 0.15) is 25.3 Å². The minimum Gasteiger partial charge on any atom is -0.550 e. The summed E-state index contributed by atoms with van der Waals surface area (Å²) in [4.78, 5) is 12.7. The molecule has 0 saturated carbocycles. The Morgan fingerprint density at radius 3 is 2.45 bits per heavy atom. The van der Waals surface area contributed by atoms with Crippen LogP contribution in [0.2, 0.25) is 0 Å². The maximum atomic E-state index is 15.0. The Balaban J connectivity index is 1.38.